The van der Waals surface area contributed by atoms with E-state index in [1.165, 1.54) is 24.8 Å². The zero-order valence-corrected chi connectivity index (χ0v) is 23.7. The molecular formula is C33H37N3O3S. The Morgan fingerprint density at radius 1 is 0.800 bits per heavy atom. The number of nitrogens with zero attached hydrogens (tertiary/aromatic N) is 1. The molecule has 1 aliphatic rings. The van der Waals surface area contributed by atoms with E-state index in [1.807, 2.05) is 61.5 Å². The van der Waals surface area contributed by atoms with Gasteiger partial charge in [-0.1, -0.05) is 91.3 Å². The van der Waals surface area contributed by atoms with Crippen molar-refractivity contribution < 1.29 is 13.2 Å². The van der Waals surface area contributed by atoms with Gasteiger partial charge in [0.2, 0.25) is 15.9 Å². The van der Waals surface area contributed by atoms with Gasteiger partial charge in [-0.15, -0.1) is 0 Å². The molecule has 6 nitrogen and oxygen atoms in total. The monoisotopic (exact) mass is 555 g/mol. The SMILES string of the molecule is C[C@@H](NC(=O)C[C@@H](NS(=O)(=O)c1ccc2ccccc2c1)c1ccccc1)c1ccc(CN2CCCCC2)cc1. The van der Waals surface area contributed by atoms with Crippen LogP contribution in [0.2, 0.25) is 0 Å². The van der Waals surface area contributed by atoms with Gasteiger partial charge in [0.25, 0.3) is 0 Å². The van der Waals surface area contributed by atoms with Crippen LogP contribution in [0.1, 0.15) is 61.4 Å². The summed E-state index contributed by atoms with van der Waals surface area (Å²) in [4.78, 5) is 15.8. The van der Waals surface area contributed by atoms with Crippen molar-refractivity contribution in [3.8, 4) is 0 Å². The van der Waals surface area contributed by atoms with Gasteiger partial charge in [-0.05, 0) is 72.5 Å². The van der Waals surface area contributed by atoms with E-state index >= 15 is 0 Å². The maximum atomic E-state index is 13.4. The average Bonchev–Trinajstić information content (AvgIpc) is 2.98. The Hall–Kier alpha value is -3.52. The number of carbonyl (C=O) groups is 1. The Morgan fingerprint density at radius 3 is 2.20 bits per heavy atom. The molecule has 1 fully saturated rings. The maximum Gasteiger partial charge on any atom is 0.241 e. The number of rotatable bonds is 10. The lowest BCUT2D eigenvalue weighted by molar-refractivity contribution is -0.122. The lowest BCUT2D eigenvalue weighted by Gasteiger charge is -2.26. The third kappa shape index (κ3) is 7.16. The largest absolute Gasteiger partial charge is 0.350 e. The van der Waals surface area contributed by atoms with E-state index in [-0.39, 0.29) is 23.3 Å². The summed E-state index contributed by atoms with van der Waals surface area (Å²) < 4.78 is 29.6. The van der Waals surface area contributed by atoms with Crippen LogP contribution >= 0.6 is 0 Å². The molecule has 1 aliphatic heterocycles. The fourth-order valence-electron chi connectivity index (χ4n) is 5.36. The first-order valence-electron chi connectivity index (χ1n) is 14.0. The summed E-state index contributed by atoms with van der Waals surface area (Å²) in [7, 11) is -3.88. The second-order valence-electron chi connectivity index (χ2n) is 10.7. The van der Waals surface area contributed by atoms with Crippen molar-refractivity contribution in [2.24, 2.45) is 0 Å². The summed E-state index contributed by atoms with van der Waals surface area (Å²) in [5, 5.41) is 4.87. The summed E-state index contributed by atoms with van der Waals surface area (Å²) in [6.07, 6.45) is 3.84. The number of hydrogen-bond acceptors (Lipinski definition) is 4. The normalized spacial score (nSPS) is 15.9. The maximum absolute atomic E-state index is 13.4. The minimum Gasteiger partial charge on any atom is -0.350 e. The molecule has 1 amide bonds. The van der Waals surface area contributed by atoms with Gasteiger partial charge in [-0.2, -0.15) is 0 Å². The molecule has 4 aromatic carbocycles. The zero-order valence-electron chi connectivity index (χ0n) is 22.9. The fraction of sp³-hybridized carbons (Fsp3) is 0.303. The smallest absolute Gasteiger partial charge is 0.241 e. The van der Waals surface area contributed by atoms with Crippen LogP contribution in [0.4, 0.5) is 0 Å². The van der Waals surface area contributed by atoms with Crippen molar-refractivity contribution in [1.82, 2.24) is 14.9 Å². The molecule has 0 aromatic heterocycles. The average molecular weight is 556 g/mol. The molecule has 208 valence electrons. The number of fused-ring (bicyclic) bond motifs is 1. The number of hydrogen-bond donors (Lipinski definition) is 2. The van der Waals surface area contributed by atoms with Crippen molar-refractivity contribution >= 4 is 26.7 Å². The van der Waals surface area contributed by atoms with Gasteiger partial charge in [0, 0.05) is 13.0 Å². The van der Waals surface area contributed by atoms with E-state index in [1.54, 1.807) is 18.2 Å². The molecule has 2 N–H and O–H groups in total. The molecule has 4 aromatic rings. The minimum atomic E-state index is -3.88. The molecule has 7 heteroatoms. The third-order valence-corrected chi connectivity index (χ3v) is 9.10. The van der Waals surface area contributed by atoms with Gasteiger partial charge in [0.1, 0.15) is 0 Å². The predicted molar refractivity (Wildman–Crippen MR) is 160 cm³/mol. The second-order valence-corrected chi connectivity index (χ2v) is 12.4. The summed E-state index contributed by atoms with van der Waals surface area (Å²) in [5.74, 6) is -0.222. The molecule has 0 saturated carbocycles. The standard InChI is InChI=1S/C33H37N3O3S/c1-25(27-16-14-26(15-17-27)24-36-20-8-3-9-21-36)34-33(37)23-32(29-11-4-2-5-12-29)35-40(38,39)31-19-18-28-10-6-7-13-30(28)22-31/h2,4-7,10-19,22,25,32,35H,3,8-9,20-21,23-24H2,1H3,(H,34,37)/t25-,32-/m1/s1. The van der Waals surface area contributed by atoms with E-state index in [9.17, 15) is 13.2 Å². The first-order chi connectivity index (χ1) is 19.4. The van der Waals surface area contributed by atoms with Gasteiger partial charge in [0.05, 0.1) is 17.0 Å². The summed E-state index contributed by atoms with van der Waals surface area (Å²) >= 11 is 0. The van der Waals surface area contributed by atoms with Crippen LogP contribution < -0.4 is 10.0 Å². The quantitative estimate of drug-likeness (QED) is 0.247. The minimum absolute atomic E-state index is 0.0196. The Morgan fingerprint density at radius 2 is 1.48 bits per heavy atom. The number of likely N-dealkylation sites (tertiary alicyclic amines) is 1. The summed E-state index contributed by atoms with van der Waals surface area (Å²) in [6.45, 7) is 5.22. The molecule has 0 aliphatic carbocycles. The van der Waals surface area contributed by atoms with E-state index in [2.05, 4.69) is 39.2 Å². The van der Waals surface area contributed by atoms with Crippen LogP contribution in [0.25, 0.3) is 10.8 Å². The number of sulfonamides is 1. The highest BCUT2D eigenvalue weighted by molar-refractivity contribution is 7.89. The van der Waals surface area contributed by atoms with Crippen molar-refractivity contribution in [1.29, 1.82) is 0 Å². The van der Waals surface area contributed by atoms with Crippen LogP contribution in [-0.2, 0) is 21.4 Å². The van der Waals surface area contributed by atoms with Crippen LogP contribution in [0.5, 0.6) is 0 Å². The molecule has 0 unspecified atom stereocenters. The third-order valence-electron chi connectivity index (χ3n) is 7.63. The first-order valence-corrected chi connectivity index (χ1v) is 15.5. The van der Waals surface area contributed by atoms with Crippen LogP contribution in [0, 0.1) is 0 Å². The van der Waals surface area contributed by atoms with E-state index in [0.717, 1.165) is 41.5 Å². The second kappa shape index (κ2) is 12.8. The molecule has 0 radical (unpaired) electrons. The number of amides is 1. The van der Waals surface area contributed by atoms with Crippen molar-refractivity contribution in [2.75, 3.05) is 13.1 Å². The van der Waals surface area contributed by atoms with Gasteiger partial charge in [0.15, 0.2) is 0 Å². The number of nitrogens with one attached hydrogen (secondary N) is 2. The highest BCUT2D eigenvalue weighted by Crippen LogP contribution is 2.24. The Labute approximate surface area is 237 Å². The lowest BCUT2D eigenvalue weighted by atomic mass is 10.0. The van der Waals surface area contributed by atoms with E-state index in [4.69, 9.17) is 0 Å². The summed E-state index contributed by atoms with van der Waals surface area (Å²) in [6, 6.07) is 29.4. The molecule has 0 bridgehead atoms. The summed E-state index contributed by atoms with van der Waals surface area (Å²) in [5.41, 5.74) is 3.02. The lowest BCUT2D eigenvalue weighted by Crippen LogP contribution is -2.34. The van der Waals surface area contributed by atoms with Crippen LogP contribution in [0.15, 0.2) is 102 Å². The molecule has 40 heavy (non-hydrogen) atoms. The molecular weight excluding hydrogens is 518 g/mol. The predicted octanol–water partition coefficient (Wildman–Crippen LogP) is 6.11. The molecule has 2 atom stereocenters. The Kier molecular flexibility index (Phi) is 8.94. The van der Waals surface area contributed by atoms with Crippen LogP contribution in [0.3, 0.4) is 0 Å². The van der Waals surface area contributed by atoms with Crippen molar-refractivity contribution in [2.45, 2.75) is 56.1 Å². The molecule has 1 saturated heterocycles. The first kappa shape index (κ1) is 28.0. The Bertz CT molecular complexity index is 1530. The molecule has 5 rings (SSSR count). The highest BCUT2D eigenvalue weighted by atomic mass is 32.2. The zero-order chi connectivity index (χ0) is 28.0. The fourth-order valence-corrected chi connectivity index (χ4v) is 6.62. The van der Waals surface area contributed by atoms with Gasteiger partial charge >= 0.3 is 0 Å². The topological polar surface area (TPSA) is 78.5 Å². The highest BCUT2D eigenvalue weighted by Gasteiger charge is 2.25. The Balaban J connectivity index is 1.26. The van der Waals surface area contributed by atoms with E-state index in [0.29, 0.717) is 0 Å². The molecule has 1 heterocycles. The number of benzene rings is 4. The van der Waals surface area contributed by atoms with Gasteiger partial charge in [-0.25, -0.2) is 13.1 Å². The number of carbonyl (C=O) groups excluding carboxylic acids is 1. The van der Waals surface area contributed by atoms with Crippen molar-refractivity contribution in [3.05, 3.63) is 114 Å². The molecule has 0 spiro atoms. The number of piperidine rings is 1. The van der Waals surface area contributed by atoms with Crippen molar-refractivity contribution in [3.63, 3.8) is 0 Å². The van der Waals surface area contributed by atoms with Crippen LogP contribution in [-0.4, -0.2) is 32.3 Å². The van der Waals surface area contributed by atoms with E-state index < -0.39 is 16.1 Å². The van der Waals surface area contributed by atoms with Gasteiger partial charge < -0.3 is 5.32 Å². The van der Waals surface area contributed by atoms with Gasteiger partial charge in [-0.3, -0.25) is 9.69 Å².